The fourth-order valence-corrected chi connectivity index (χ4v) is 3.46. The number of amides is 2. The van der Waals surface area contributed by atoms with Crippen LogP contribution in [-0.4, -0.2) is 59.6 Å². The van der Waals surface area contributed by atoms with Crippen LogP contribution in [0.2, 0.25) is 0 Å². The molecule has 1 heterocycles. The van der Waals surface area contributed by atoms with Crippen LogP contribution in [0.3, 0.4) is 0 Å². The number of rotatable bonds is 3. The van der Waals surface area contributed by atoms with Crippen LogP contribution in [0, 0.1) is 0 Å². The van der Waals surface area contributed by atoms with E-state index in [1.807, 2.05) is 63.9 Å². The van der Waals surface area contributed by atoms with E-state index in [2.05, 4.69) is 4.90 Å². The summed E-state index contributed by atoms with van der Waals surface area (Å²) < 4.78 is 5.61. The SMILES string of the molecule is C[C@H]1CN(CC(=O)N(C)C2CC2)c2ccccc2CN1C(=O)OC(C)(C)C. The van der Waals surface area contributed by atoms with Gasteiger partial charge in [0.1, 0.15) is 5.60 Å². The van der Waals surface area contributed by atoms with Crippen molar-refractivity contribution in [1.29, 1.82) is 0 Å². The second kappa shape index (κ2) is 7.41. The van der Waals surface area contributed by atoms with Crippen molar-refractivity contribution in [2.75, 3.05) is 25.0 Å². The van der Waals surface area contributed by atoms with Crippen LogP contribution in [0.5, 0.6) is 0 Å². The number of benzene rings is 1. The van der Waals surface area contributed by atoms with E-state index in [9.17, 15) is 9.59 Å². The summed E-state index contributed by atoms with van der Waals surface area (Å²) >= 11 is 0. The number of fused-ring (bicyclic) bond motifs is 1. The second-order valence-corrected chi connectivity index (χ2v) is 8.70. The molecular formula is C21H31N3O3. The zero-order chi connectivity index (χ0) is 19.8. The Bertz CT molecular complexity index is 709. The van der Waals surface area contributed by atoms with Gasteiger partial charge < -0.3 is 14.5 Å². The quantitative estimate of drug-likeness (QED) is 0.816. The molecule has 0 radical (unpaired) electrons. The van der Waals surface area contributed by atoms with Crippen molar-refractivity contribution in [2.45, 2.75) is 64.8 Å². The first-order valence-electron chi connectivity index (χ1n) is 9.74. The van der Waals surface area contributed by atoms with E-state index in [0.717, 1.165) is 24.1 Å². The van der Waals surface area contributed by atoms with Gasteiger partial charge in [-0.1, -0.05) is 18.2 Å². The van der Waals surface area contributed by atoms with Gasteiger partial charge in [0.05, 0.1) is 19.1 Å². The van der Waals surface area contributed by atoms with Gasteiger partial charge in [0.15, 0.2) is 0 Å². The molecule has 0 bridgehead atoms. The van der Waals surface area contributed by atoms with Crippen molar-refractivity contribution in [2.24, 2.45) is 0 Å². The first kappa shape index (κ1) is 19.5. The minimum Gasteiger partial charge on any atom is -0.444 e. The number of para-hydroxylation sites is 1. The first-order valence-corrected chi connectivity index (χ1v) is 9.74. The standard InChI is InChI=1S/C21H31N3O3/c1-15-12-23(14-19(25)22(5)17-10-11-17)18-9-7-6-8-16(18)13-24(15)20(26)27-21(2,3)4/h6-9,15,17H,10-14H2,1-5H3/t15-/m0/s1. The molecule has 1 atom stereocenters. The Balaban J connectivity index is 1.81. The third-order valence-electron chi connectivity index (χ3n) is 5.13. The highest BCUT2D eigenvalue weighted by molar-refractivity contribution is 5.82. The number of hydrogen-bond acceptors (Lipinski definition) is 4. The summed E-state index contributed by atoms with van der Waals surface area (Å²) in [5.41, 5.74) is 1.52. The Morgan fingerprint density at radius 3 is 2.52 bits per heavy atom. The van der Waals surface area contributed by atoms with Gasteiger partial charge in [0, 0.05) is 25.3 Å². The zero-order valence-corrected chi connectivity index (χ0v) is 17.1. The molecule has 1 aliphatic heterocycles. The Morgan fingerprint density at radius 1 is 1.22 bits per heavy atom. The largest absolute Gasteiger partial charge is 0.444 e. The summed E-state index contributed by atoms with van der Waals surface area (Å²) in [5.74, 6) is 0.130. The highest BCUT2D eigenvalue weighted by Gasteiger charge is 2.34. The van der Waals surface area contributed by atoms with E-state index in [1.165, 1.54) is 0 Å². The maximum atomic E-state index is 12.7. The van der Waals surface area contributed by atoms with E-state index in [0.29, 0.717) is 25.7 Å². The molecule has 0 N–H and O–H groups in total. The molecule has 27 heavy (non-hydrogen) atoms. The minimum atomic E-state index is -0.536. The molecule has 6 nitrogen and oxygen atoms in total. The maximum absolute atomic E-state index is 12.7. The molecule has 3 rings (SSSR count). The zero-order valence-electron chi connectivity index (χ0n) is 17.1. The molecule has 2 aliphatic rings. The van der Waals surface area contributed by atoms with Crippen molar-refractivity contribution in [3.63, 3.8) is 0 Å². The molecule has 0 unspecified atom stereocenters. The van der Waals surface area contributed by atoms with Crippen LogP contribution in [0.25, 0.3) is 0 Å². The topological polar surface area (TPSA) is 53.1 Å². The molecule has 1 aromatic carbocycles. The third-order valence-corrected chi connectivity index (χ3v) is 5.13. The third kappa shape index (κ3) is 4.73. The average molecular weight is 373 g/mol. The molecule has 1 fully saturated rings. The Hall–Kier alpha value is -2.24. The normalized spacial score (nSPS) is 20.0. The molecular weight excluding hydrogens is 342 g/mol. The van der Waals surface area contributed by atoms with Crippen LogP contribution in [0.15, 0.2) is 24.3 Å². The number of hydrogen-bond donors (Lipinski definition) is 0. The molecule has 1 saturated carbocycles. The molecule has 148 valence electrons. The molecule has 1 aliphatic carbocycles. The molecule has 2 amide bonds. The fourth-order valence-electron chi connectivity index (χ4n) is 3.46. The van der Waals surface area contributed by atoms with Gasteiger partial charge in [-0.3, -0.25) is 9.69 Å². The lowest BCUT2D eigenvalue weighted by Crippen LogP contribution is -2.47. The summed E-state index contributed by atoms with van der Waals surface area (Å²) in [6, 6.07) is 8.34. The minimum absolute atomic E-state index is 0.0636. The van der Waals surface area contributed by atoms with E-state index >= 15 is 0 Å². The summed E-state index contributed by atoms with van der Waals surface area (Å²) in [7, 11) is 1.89. The van der Waals surface area contributed by atoms with E-state index < -0.39 is 5.60 Å². The number of ether oxygens (including phenoxy) is 1. The van der Waals surface area contributed by atoms with E-state index in [4.69, 9.17) is 4.74 Å². The Labute approximate surface area is 162 Å². The predicted molar refractivity (Wildman–Crippen MR) is 106 cm³/mol. The summed E-state index contributed by atoms with van der Waals surface area (Å²) in [5, 5.41) is 0. The van der Waals surface area contributed by atoms with Crippen LogP contribution < -0.4 is 4.90 Å². The lowest BCUT2D eigenvalue weighted by molar-refractivity contribution is -0.128. The van der Waals surface area contributed by atoms with Gasteiger partial charge in [0.25, 0.3) is 0 Å². The van der Waals surface area contributed by atoms with Crippen molar-refractivity contribution in [3.8, 4) is 0 Å². The van der Waals surface area contributed by atoms with Gasteiger partial charge in [-0.2, -0.15) is 0 Å². The summed E-state index contributed by atoms with van der Waals surface area (Å²) in [6.45, 7) is 9.05. The van der Waals surface area contributed by atoms with Crippen molar-refractivity contribution >= 4 is 17.7 Å². The number of likely N-dealkylation sites (N-methyl/N-ethyl adjacent to an activating group) is 1. The molecule has 1 aromatic rings. The monoisotopic (exact) mass is 373 g/mol. The van der Waals surface area contributed by atoms with Gasteiger partial charge >= 0.3 is 6.09 Å². The molecule has 0 saturated heterocycles. The van der Waals surface area contributed by atoms with Gasteiger partial charge in [-0.05, 0) is 52.2 Å². The number of carbonyl (C=O) groups excluding carboxylic acids is 2. The van der Waals surface area contributed by atoms with Gasteiger partial charge in [-0.15, -0.1) is 0 Å². The number of anilines is 1. The van der Waals surface area contributed by atoms with Crippen molar-refractivity contribution in [3.05, 3.63) is 29.8 Å². The molecule has 0 aromatic heterocycles. The second-order valence-electron chi connectivity index (χ2n) is 8.70. The lowest BCUT2D eigenvalue weighted by Gasteiger charge is -2.32. The number of carbonyl (C=O) groups is 2. The van der Waals surface area contributed by atoms with E-state index in [-0.39, 0.29) is 18.0 Å². The van der Waals surface area contributed by atoms with Crippen LogP contribution >= 0.6 is 0 Å². The maximum Gasteiger partial charge on any atom is 0.410 e. The average Bonchev–Trinajstić information content (AvgIpc) is 3.41. The van der Waals surface area contributed by atoms with Crippen LogP contribution in [0.4, 0.5) is 10.5 Å². The highest BCUT2D eigenvalue weighted by Crippen LogP contribution is 2.29. The number of nitrogens with zero attached hydrogens (tertiary/aromatic N) is 3. The highest BCUT2D eigenvalue weighted by atomic mass is 16.6. The Morgan fingerprint density at radius 2 is 1.89 bits per heavy atom. The van der Waals surface area contributed by atoms with Crippen LogP contribution in [0.1, 0.15) is 46.1 Å². The van der Waals surface area contributed by atoms with Crippen molar-refractivity contribution in [1.82, 2.24) is 9.80 Å². The van der Waals surface area contributed by atoms with Crippen LogP contribution in [-0.2, 0) is 16.1 Å². The molecule has 0 spiro atoms. The molecule has 6 heteroatoms. The predicted octanol–water partition coefficient (Wildman–Crippen LogP) is 3.25. The summed E-state index contributed by atoms with van der Waals surface area (Å²) in [4.78, 5) is 31.2. The van der Waals surface area contributed by atoms with E-state index in [1.54, 1.807) is 4.90 Å². The van der Waals surface area contributed by atoms with Gasteiger partial charge in [0.2, 0.25) is 5.91 Å². The van der Waals surface area contributed by atoms with Crippen molar-refractivity contribution < 1.29 is 14.3 Å². The Kier molecular flexibility index (Phi) is 5.36. The smallest absolute Gasteiger partial charge is 0.410 e. The fraction of sp³-hybridized carbons (Fsp3) is 0.619. The lowest BCUT2D eigenvalue weighted by atomic mass is 10.1. The summed E-state index contributed by atoms with van der Waals surface area (Å²) in [6.07, 6.45) is 1.89. The van der Waals surface area contributed by atoms with Gasteiger partial charge in [-0.25, -0.2) is 4.79 Å². The first-order chi connectivity index (χ1) is 12.7.